The molecule has 0 aliphatic carbocycles. The molecule has 0 aromatic heterocycles. The first-order chi connectivity index (χ1) is 9.01. The largest absolute Gasteiger partial charge is 0.457 e. The molecule has 0 fully saturated rings. The molecule has 9 heteroatoms. The Balaban J connectivity index is -0.00000162. The van der Waals surface area contributed by atoms with Gasteiger partial charge in [-0.1, -0.05) is 6.92 Å². The second-order valence-electron chi connectivity index (χ2n) is 4.18. The van der Waals surface area contributed by atoms with Gasteiger partial charge in [0.2, 0.25) is 0 Å². The normalized spacial score (nSPS) is 11.7. The van der Waals surface area contributed by atoms with Crippen LogP contribution in [0.2, 0.25) is 0 Å². The molecule has 0 amide bonds. The Bertz CT molecular complexity index is 328. The number of unbranched alkanes of at least 4 members (excludes halogenated alkanes) is 1. The van der Waals surface area contributed by atoms with E-state index in [1.165, 1.54) is 0 Å². The summed E-state index contributed by atoms with van der Waals surface area (Å²) in [7, 11) is 0. The number of aliphatic imine (C=N–C) groups is 1. The topological polar surface area (TPSA) is 114 Å². The second-order valence-corrected chi connectivity index (χ2v) is 4.18. The third-order valence-corrected chi connectivity index (χ3v) is 2.51. The first-order valence-corrected chi connectivity index (χ1v) is 6.36. The molecule has 126 valence electrons. The van der Waals surface area contributed by atoms with Gasteiger partial charge in [0.15, 0.2) is 5.78 Å². The molecule has 0 unspecified atom stereocenters. The van der Waals surface area contributed by atoms with Crippen LogP contribution < -0.4 is 11.2 Å². The van der Waals surface area contributed by atoms with Crippen LogP contribution in [0.15, 0.2) is 4.99 Å². The zero-order valence-corrected chi connectivity index (χ0v) is 14.0. The number of halogens is 2. The van der Waals surface area contributed by atoms with Crippen LogP contribution in [0.4, 0.5) is 0 Å². The lowest BCUT2D eigenvalue weighted by Gasteiger charge is -2.10. The molecule has 7 nitrogen and oxygen atoms in total. The standard InChI is InChI=1S/C12H23N3O4.2ClH/c1-3-10(16)8-19-12(17)11(13)6-4-5-7-14-9(2)15-18;;/h11,18H,3-8,13H2,1-2H3,(H,14,15);2*1H/t11-;;/m0../s1. The van der Waals surface area contributed by atoms with Crippen LogP contribution >= 0.6 is 24.8 Å². The van der Waals surface area contributed by atoms with Crippen molar-refractivity contribution in [3.05, 3.63) is 0 Å². The Morgan fingerprint density at radius 1 is 1.33 bits per heavy atom. The van der Waals surface area contributed by atoms with Crippen LogP contribution in [0.1, 0.15) is 39.5 Å². The van der Waals surface area contributed by atoms with E-state index in [4.69, 9.17) is 15.7 Å². The van der Waals surface area contributed by atoms with Gasteiger partial charge in [0.05, 0.1) is 0 Å². The van der Waals surface area contributed by atoms with Gasteiger partial charge in [-0.25, -0.2) is 0 Å². The van der Waals surface area contributed by atoms with E-state index in [0.29, 0.717) is 25.2 Å². The van der Waals surface area contributed by atoms with Crippen LogP contribution in [-0.4, -0.2) is 42.0 Å². The van der Waals surface area contributed by atoms with Crippen LogP contribution in [0, 0.1) is 0 Å². The molecule has 0 aliphatic heterocycles. The van der Waals surface area contributed by atoms with E-state index in [1.807, 2.05) is 5.48 Å². The molecule has 0 rings (SSSR count). The highest BCUT2D eigenvalue weighted by atomic mass is 35.5. The number of Topliss-reactive ketones (excluding diaryl/α,β-unsaturated/α-hetero) is 1. The van der Waals surface area contributed by atoms with E-state index >= 15 is 0 Å². The number of esters is 1. The van der Waals surface area contributed by atoms with E-state index in [2.05, 4.69) is 4.99 Å². The van der Waals surface area contributed by atoms with Crippen molar-refractivity contribution in [2.75, 3.05) is 13.2 Å². The number of carbonyl (C=O) groups is 2. The Kier molecular flexibility index (Phi) is 18.5. The molecular formula is C12H25Cl2N3O4. The molecule has 0 aromatic carbocycles. The number of nitrogens with one attached hydrogen (secondary N) is 1. The van der Waals surface area contributed by atoms with Crippen LogP contribution in [0.5, 0.6) is 0 Å². The molecule has 0 radical (unpaired) electrons. The Labute approximate surface area is 137 Å². The fraction of sp³-hybridized carbons (Fsp3) is 0.750. The van der Waals surface area contributed by atoms with Gasteiger partial charge in [-0.05, 0) is 26.2 Å². The zero-order chi connectivity index (χ0) is 14.7. The predicted molar refractivity (Wildman–Crippen MR) is 85.5 cm³/mol. The number of hydrogen-bond donors (Lipinski definition) is 3. The van der Waals surface area contributed by atoms with Gasteiger partial charge in [0.1, 0.15) is 18.5 Å². The third-order valence-electron chi connectivity index (χ3n) is 2.51. The number of nitrogens with zero attached hydrogens (tertiary/aromatic N) is 1. The molecule has 0 saturated heterocycles. The van der Waals surface area contributed by atoms with Crippen molar-refractivity contribution in [2.24, 2.45) is 10.7 Å². The molecule has 0 heterocycles. The van der Waals surface area contributed by atoms with Gasteiger partial charge in [-0.2, -0.15) is 0 Å². The summed E-state index contributed by atoms with van der Waals surface area (Å²) >= 11 is 0. The van der Waals surface area contributed by atoms with Crippen molar-refractivity contribution in [1.29, 1.82) is 0 Å². The molecule has 0 aromatic rings. The fourth-order valence-electron chi connectivity index (χ4n) is 1.24. The minimum atomic E-state index is -0.703. The van der Waals surface area contributed by atoms with Crippen molar-refractivity contribution in [3.8, 4) is 0 Å². The summed E-state index contributed by atoms with van der Waals surface area (Å²) in [5, 5.41) is 8.49. The Hall–Kier alpha value is -0.890. The highest BCUT2D eigenvalue weighted by molar-refractivity contribution is 5.85. The van der Waals surface area contributed by atoms with E-state index in [0.717, 1.165) is 12.8 Å². The van der Waals surface area contributed by atoms with Gasteiger partial charge < -0.3 is 10.5 Å². The average Bonchev–Trinajstić information content (AvgIpc) is 2.43. The molecule has 0 aliphatic rings. The lowest BCUT2D eigenvalue weighted by atomic mass is 10.1. The summed E-state index contributed by atoms with van der Waals surface area (Å²) in [6.45, 7) is 3.71. The van der Waals surface area contributed by atoms with Gasteiger partial charge in [0.25, 0.3) is 0 Å². The Morgan fingerprint density at radius 3 is 2.48 bits per heavy atom. The number of hydroxylamine groups is 1. The second kappa shape index (κ2) is 15.5. The lowest BCUT2D eigenvalue weighted by molar-refractivity contribution is -0.149. The quantitative estimate of drug-likeness (QED) is 0.190. The fourth-order valence-corrected chi connectivity index (χ4v) is 1.24. The van der Waals surface area contributed by atoms with E-state index in [1.54, 1.807) is 13.8 Å². The molecule has 4 N–H and O–H groups in total. The van der Waals surface area contributed by atoms with Gasteiger partial charge in [-0.15, -0.1) is 24.8 Å². The summed E-state index contributed by atoms with van der Waals surface area (Å²) in [4.78, 5) is 26.4. The minimum absolute atomic E-state index is 0. The number of carbonyl (C=O) groups excluding carboxylic acids is 2. The maximum Gasteiger partial charge on any atom is 0.323 e. The maximum atomic E-state index is 11.4. The number of ketones is 1. The average molecular weight is 346 g/mol. The number of nitrogens with two attached hydrogens (primary N) is 1. The third kappa shape index (κ3) is 13.8. The highest BCUT2D eigenvalue weighted by Gasteiger charge is 2.15. The highest BCUT2D eigenvalue weighted by Crippen LogP contribution is 2.01. The van der Waals surface area contributed by atoms with Crippen molar-refractivity contribution in [1.82, 2.24) is 5.48 Å². The first kappa shape index (κ1) is 25.1. The SMILES string of the molecule is CCC(=O)COC(=O)[C@@H](N)CCCCN=C(C)NO.Cl.Cl. The number of hydrogen-bond acceptors (Lipinski definition) is 6. The smallest absolute Gasteiger partial charge is 0.323 e. The van der Waals surface area contributed by atoms with Crippen LogP contribution in [0.3, 0.4) is 0 Å². The summed E-state index contributed by atoms with van der Waals surface area (Å²) in [5.74, 6) is -0.220. The lowest BCUT2D eigenvalue weighted by Crippen LogP contribution is -2.33. The van der Waals surface area contributed by atoms with Crippen molar-refractivity contribution < 1.29 is 19.5 Å². The minimum Gasteiger partial charge on any atom is -0.457 e. The number of ether oxygens (including phenoxy) is 1. The number of rotatable bonds is 9. The maximum absolute atomic E-state index is 11.4. The Morgan fingerprint density at radius 2 is 1.95 bits per heavy atom. The van der Waals surface area contributed by atoms with Gasteiger partial charge in [-0.3, -0.25) is 25.3 Å². The molecule has 0 spiro atoms. The summed E-state index contributed by atoms with van der Waals surface area (Å²) in [5.41, 5.74) is 7.57. The summed E-state index contributed by atoms with van der Waals surface area (Å²) in [6.07, 6.45) is 2.31. The van der Waals surface area contributed by atoms with Crippen LogP contribution in [-0.2, 0) is 14.3 Å². The van der Waals surface area contributed by atoms with E-state index < -0.39 is 12.0 Å². The molecule has 21 heavy (non-hydrogen) atoms. The van der Waals surface area contributed by atoms with Gasteiger partial charge >= 0.3 is 5.97 Å². The van der Waals surface area contributed by atoms with E-state index in [-0.39, 0.29) is 37.2 Å². The summed E-state index contributed by atoms with van der Waals surface area (Å²) < 4.78 is 4.79. The summed E-state index contributed by atoms with van der Waals surface area (Å²) in [6, 6.07) is -0.703. The molecule has 0 bridgehead atoms. The van der Waals surface area contributed by atoms with Crippen molar-refractivity contribution in [3.63, 3.8) is 0 Å². The number of amidine groups is 1. The monoisotopic (exact) mass is 345 g/mol. The molecule has 0 saturated carbocycles. The van der Waals surface area contributed by atoms with Crippen molar-refractivity contribution >= 4 is 42.4 Å². The van der Waals surface area contributed by atoms with Crippen molar-refractivity contribution in [2.45, 2.75) is 45.6 Å². The van der Waals surface area contributed by atoms with Crippen LogP contribution in [0.25, 0.3) is 0 Å². The zero-order valence-electron chi connectivity index (χ0n) is 12.3. The van der Waals surface area contributed by atoms with Gasteiger partial charge in [0, 0.05) is 13.0 Å². The van der Waals surface area contributed by atoms with E-state index in [9.17, 15) is 9.59 Å². The molecule has 1 atom stereocenters. The predicted octanol–water partition coefficient (Wildman–Crippen LogP) is 1.25. The molecular weight excluding hydrogens is 321 g/mol. The first-order valence-electron chi connectivity index (χ1n) is 6.36.